The normalized spacial score (nSPS) is 39.9. The van der Waals surface area contributed by atoms with Gasteiger partial charge in [0.25, 0.3) is 0 Å². The van der Waals surface area contributed by atoms with Gasteiger partial charge < -0.3 is 4.79 Å². The van der Waals surface area contributed by atoms with Crippen LogP contribution >= 0.6 is 0 Å². The molecule has 0 bridgehead atoms. The van der Waals surface area contributed by atoms with Gasteiger partial charge in [0.1, 0.15) is 6.29 Å². The van der Waals surface area contributed by atoms with E-state index in [9.17, 15) is 4.79 Å². The highest BCUT2D eigenvalue weighted by molar-refractivity contribution is 5.53. The van der Waals surface area contributed by atoms with E-state index in [1.807, 2.05) is 0 Å². The number of hydrogen-bond donors (Lipinski definition) is 0. The van der Waals surface area contributed by atoms with Crippen molar-refractivity contribution in [2.24, 2.45) is 23.7 Å². The molecule has 2 saturated carbocycles. The van der Waals surface area contributed by atoms with Crippen molar-refractivity contribution in [3.05, 3.63) is 0 Å². The lowest BCUT2D eigenvalue weighted by atomic mass is 9.69. The van der Waals surface area contributed by atoms with E-state index >= 15 is 0 Å². The van der Waals surface area contributed by atoms with Gasteiger partial charge in [0, 0.05) is 11.8 Å². The van der Waals surface area contributed by atoms with Crippen molar-refractivity contribution in [3.8, 4) is 6.07 Å². The molecule has 0 N–H and O–H groups in total. The highest BCUT2D eigenvalue weighted by Gasteiger charge is 2.30. The molecule has 0 radical (unpaired) electrons. The molecule has 0 aromatic heterocycles. The lowest BCUT2D eigenvalue weighted by molar-refractivity contribution is -0.112. The molecule has 0 unspecified atom stereocenters. The highest BCUT2D eigenvalue weighted by Crippen LogP contribution is 2.40. The van der Waals surface area contributed by atoms with Crippen LogP contribution in [0.25, 0.3) is 0 Å². The Bertz CT molecular complexity index is 265. The van der Waals surface area contributed by atoms with Gasteiger partial charge in [-0.2, -0.15) is 5.26 Å². The zero-order valence-electron chi connectivity index (χ0n) is 9.90. The molecular weight excluding hydrogens is 198 g/mol. The van der Waals surface area contributed by atoms with Crippen molar-refractivity contribution in [1.82, 2.24) is 0 Å². The number of aldehydes is 1. The topological polar surface area (TPSA) is 40.9 Å². The van der Waals surface area contributed by atoms with Gasteiger partial charge in [-0.05, 0) is 63.2 Å². The third-order valence-corrected chi connectivity index (χ3v) is 4.63. The van der Waals surface area contributed by atoms with E-state index in [4.69, 9.17) is 5.26 Å². The maximum atomic E-state index is 10.7. The first kappa shape index (κ1) is 11.6. The van der Waals surface area contributed by atoms with E-state index in [-0.39, 0.29) is 0 Å². The molecule has 88 valence electrons. The van der Waals surface area contributed by atoms with Crippen LogP contribution in [0.4, 0.5) is 0 Å². The molecule has 2 nitrogen and oxygen atoms in total. The standard InChI is InChI=1S/C14H21NO/c15-9-11-1-5-13(6-2-11)14-7-3-12(10-16)4-8-14/h10-14H,1-8H2/t11-,12-,13-,14-. The minimum Gasteiger partial charge on any atom is -0.303 e. The summed E-state index contributed by atoms with van der Waals surface area (Å²) in [5.74, 6) is 2.35. The quantitative estimate of drug-likeness (QED) is 0.668. The summed E-state index contributed by atoms with van der Waals surface area (Å²) in [6.07, 6.45) is 10.5. The van der Waals surface area contributed by atoms with Crippen LogP contribution in [0.3, 0.4) is 0 Å². The van der Waals surface area contributed by atoms with Crippen LogP contribution in [0.5, 0.6) is 0 Å². The Hall–Kier alpha value is -0.840. The molecule has 0 amide bonds. The number of rotatable bonds is 2. The summed E-state index contributed by atoms with van der Waals surface area (Å²) in [7, 11) is 0. The van der Waals surface area contributed by atoms with Crippen LogP contribution in [0.1, 0.15) is 51.4 Å². The molecule has 2 aliphatic rings. The summed E-state index contributed by atoms with van der Waals surface area (Å²) < 4.78 is 0. The zero-order valence-corrected chi connectivity index (χ0v) is 9.90. The smallest absolute Gasteiger partial charge is 0.123 e. The molecule has 16 heavy (non-hydrogen) atoms. The van der Waals surface area contributed by atoms with Gasteiger partial charge >= 0.3 is 0 Å². The van der Waals surface area contributed by atoms with Crippen molar-refractivity contribution in [1.29, 1.82) is 5.26 Å². The first-order valence-electron chi connectivity index (χ1n) is 6.68. The average Bonchev–Trinajstić information content (AvgIpc) is 2.39. The molecule has 0 aromatic carbocycles. The highest BCUT2D eigenvalue weighted by atomic mass is 16.1. The molecule has 0 aliphatic heterocycles. The van der Waals surface area contributed by atoms with Gasteiger partial charge in [-0.3, -0.25) is 0 Å². The number of carbonyl (C=O) groups is 1. The Kier molecular flexibility index (Phi) is 3.98. The predicted octanol–water partition coefficient (Wildman–Crippen LogP) is 3.32. The Balaban J connectivity index is 1.78. The fraction of sp³-hybridized carbons (Fsp3) is 0.857. The summed E-state index contributed by atoms with van der Waals surface area (Å²) in [4.78, 5) is 10.7. The molecule has 0 saturated heterocycles. The van der Waals surface area contributed by atoms with E-state index in [2.05, 4.69) is 6.07 Å². The van der Waals surface area contributed by atoms with Crippen molar-refractivity contribution in [2.75, 3.05) is 0 Å². The molecule has 2 aliphatic carbocycles. The van der Waals surface area contributed by atoms with E-state index in [0.29, 0.717) is 11.8 Å². The predicted molar refractivity (Wildman–Crippen MR) is 62.6 cm³/mol. The second kappa shape index (κ2) is 5.48. The Morgan fingerprint density at radius 1 is 0.875 bits per heavy atom. The van der Waals surface area contributed by atoms with Crippen LogP contribution in [-0.2, 0) is 4.79 Å². The summed E-state index contributed by atoms with van der Waals surface area (Å²) in [6.45, 7) is 0. The minimum atomic E-state index is 0.322. The SMILES string of the molecule is N#C[C@H]1CC[C@H]([C@H]2CC[C@H](C=O)CC2)CC1. The van der Waals surface area contributed by atoms with Crippen molar-refractivity contribution >= 4 is 6.29 Å². The second-order valence-corrected chi connectivity index (χ2v) is 5.55. The number of hydrogen-bond acceptors (Lipinski definition) is 2. The Morgan fingerprint density at radius 3 is 1.81 bits per heavy atom. The second-order valence-electron chi connectivity index (χ2n) is 5.55. The summed E-state index contributed by atoms with van der Waals surface area (Å²) in [5.41, 5.74) is 0. The minimum absolute atomic E-state index is 0.322. The van der Waals surface area contributed by atoms with E-state index in [1.165, 1.54) is 25.7 Å². The molecule has 2 rings (SSSR count). The lowest BCUT2D eigenvalue weighted by Crippen LogP contribution is -2.25. The number of nitriles is 1. The van der Waals surface area contributed by atoms with Crippen LogP contribution in [0.15, 0.2) is 0 Å². The van der Waals surface area contributed by atoms with Crippen LogP contribution in [-0.4, -0.2) is 6.29 Å². The fourth-order valence-corrected chi connectivity index (χ4v) is 3.47. The van der Waals surface area contributed by atoms with Gasteiger partial charge in [0.05, 0.1) is 6.07 Å². The number of carbonyl (C=O) groups excluding carboxylic acids is 1. The third-order valence-electron chi connectivity index (χ3n) is 4.63. The van der Waals surface area contributed by atoms with Crippen molar-refractivity contribution in [2.45, 2.75) is 51.4 Å². The maximum absolute atomic E-state index is 10.7. The van der Waals surface area contributed by atoms with Gasteiger partial charge in [0.15, 0.2) is 0 Å². The largest absolute Gasteiger partial charge is 0.303 e. The number of nitrogens with zero attached hydrogens (tertiary/aromatic N) is 1. The fourth-order valence-electron chi connectivity index (χ4n) is 3.47. The van der Waals surface area contributed by atoms with Crippen molar-refractivity contribution < 1.29 is 4.79 Å². The van der Waals surface area contributed by atoms with Gasteiger partial charge in [-0.1, -0.05) is 0 Å². The molecule has 2 heteroatoms. The first-order chi connectivity index (χ1) is 7.83. The van der Waals surface area contributed by atoms with E-state index in [0.717, 1.165) is 43.8 Å². The van der Waals surface area contributed by atoms with Crippen molar-refractivity contribution in [3.63, 3.8) is 0 Å². The molecule has 2 fully saturated rings. The Labute approximate surface area is 98.0 Å². The van der Waals surface area contributed by atoms with Gasteiger partial charge in [-0.25, -0.2) is 0 Å². The molecule has 0 heterocycles. The Morgan fingerprint density at radius 2 is 1.38 bits per heavy atom. The molecule has 0 atom stereocenters. The molecular formula is C14H21NO. The van der Waals surface area contributed by atoms with Crippen LogP contribution in [0.2, 0.25) is 0 Å². The first-order valence-corrected chi connectivity index (χ1v) is 6.68. The molecule has 0 spiro atoms. The van der Waals surface area contributed by atoms with E-state index < -0.39 is 0 Å². The average molecular weight is 219 g/mol. The monoisotopic (exact) mass is 219 g/mol. The van der Waals surface area contributed by atoms with Crippen LogP contribution in [0, 0.1) is 35.0 Å². The lowest BCUT2D eigenvalue weighted by Gasteiger charge is -2.35. The summed E-state index contributed by atoms with van der Waals surface area (Å²) >= 11 is 0. The van der Waals surface area contributed by atoms with E-state index in [1.54, 1.807) is 0 Å². The zero-order chi connectivity index (χ0) is 11.4. The van der Waals surface area contributed by atoms with Gasteiger partial charge in [-0.15, -0.1) is 0 Å². The molecule has 0 aromatic rings. The third kappa shape index (κ3) is 2.64. The van der Waals surface area contributed by atoms with Crippen LogP contribution < -0.4 is 0 Å². The summed E-state index contributed by atoms with van der Waals surface area (Å²) in [5, 5.41) is 8.87. The summed E-state index contributed by atoms with van der Waals surface area (Å²) in [6, 6.07) is 2.40. The maximum Gasteiger partial charge on any atom is 0.123 e. The van der Waals surface area contributed by atoms with Gasteiger partial charge in [0.2, 0.25) is 0 Å².